The Kier molecular flexibility index (Phi) is 4.24. The van der Waals surface area contributed by atoms with Crippen LogP contribution in [0.1, 0.15) is 0 Å². The van der Waals surface area contributed by atoms with Crippen molar-refractivity contribution in [3.05, 3.63) is 54.6 Å². The summed E-state index contributed by atoms with van der Waals surface area (Å²) < 4.78 is 18.5. The van der Waals surface area contributed by atoms with E-state index in [-0.39, 0.29) is 5.52 Å². The van der Waals surface area contributed by atoms with Crippen LogP contribution in [0.5, 0.6) is 0 Å². The average Bonchev–Trinajstić information content (AvgIpc) is 2.62. The molecule has 0 bridgehead atoms. The number of halogens is 1. The highest BCUT2D eigenvalue weighted by atomic mass is 19.1. The van der Waals surface area contributed by atoms with E-state index in [0.29, 0.717) is 16.9 Å². The highest BCUT2D eigenvalue weighted by Gasteiger charge is 2.11. The number of carbonyl (C=O) groups excluding carboxylic acids is 1. The van der Waals surface area contributed by atoms with Gasteiger partial charge >= 0.3 is 6.09 Å². The summed E-state index contributed by atoms with van der Waals surface area (Å²) in [6.07, 6.45) is 0.862. The van der Waals surface area contributed by atoms with Crippen LogP contribution in [0.15, 0.2) is 48.8 Å². The van der Waals surface area contributed by atoms with E-state index >= 15 is 0 Å². The molecule has 0 spiro atoms. The summed E-state index contributed by atoms with van der Waals surface area (Å²) in [5, 5.41) is 3.72. The van der Waals surface area contributed by atoms with Gasteiger partial charge in [-0.1, -0.05) is 6.07 Å². The van der Waals surface area contributed by atoms with Crippen molar-refractivity contribution in [3.63, 3.8) is 0 Å². The number of nitrogens with zero attached hydrogens (tertiary/aromatic N) is 3. The van der Waals surface area contributed by atoms with E-state index in [1.54, 1.807) is 43.4 Å². The number of aromatic nitrogens is 2. The second-order valence-electron chi connectivity index (χ2n) is 5.06. The van der Waals surface area contributed by atoms with Crippen molar-refractivity contribution in [2.45, 2.75) is 0 Å². The van der Waals surface area contributed by atoms with E-state index in [1.165, 1.54) is 24.4 Å². The number of hydrogen-bond acceptors (Lipinski definition) is 5. The van der Waals surface area contributed by atoms with Crippen LogP contribution in [-0.2, 0) is 4.74 Å². The van der Waals surface area contributed by atoms with Crippen molar-refractivity contribution in [2.24, 2.45) is 0 Å². The standard InChI is InChI=1S/C17H15FN4O2/c1-22(17(23)24-2)12-8-6-11(7-9-12)21-16-13-4-3-5-14(18)15(13)19-10-20-16/h3-10H,1-2H3,(H,19,20,21). The fourth-order valence-corrected chi connectivity index (χ4v) is 2.30. The summed E-state index contributed by atoms with van der Waals surface area (Å²) in [5.74, 6) is 0.113. The minimum absolute atomic E-state index is 0.261. The molecule has 7 heteroatoms. The Balaban J connectivity index is 1.87. The highest BCUT2D eigenvalue weighted by molar-refractivity contribution is 5.91. The Hall–Kier alpha value is -3.22. The maximum Gasteiger partial charge on any atom is 0.413 e. The molecule has 122 valence electrons. The molecule has 1 aromatic heterocycles. The fourth-order valence-electron chi connectivity index (χ4n) is 2.30. The van der Waals surface area contributed by atoms with E-state index in [0.717, 1.165) is 5.69 Å². The quantitative estimate of drug-likeness (QED) is 0.794. The molecule has 24 heavy (non-hydrogen) atoms. The van der Waals surface area contributed by atoms with Crippen LogP contribution >= 0.6 is 0 Å². The van der Waals surface area contributed by atoms with Crippen LogP contribution < -0.4 is 10.2 Å². The van der Waals surface area contributed by atoms with Gasteiger partial charge in [-0.3, -0.25) is 4.90 Å². The Labute approximate surface area is 137 Å². The molecule has 0 unspecified atom stereocenters. The van der Waals surface area contributed by atoms with Gasteiger partial charge in [-0.05, 0) is 36.4 Å². The third-order valence-corrected chi connectivity index (χ3v) is 3.58. The maximum absolute atomic E-state index is 13.8. The molecule has 1 amide bonds. The van der Waals surface area contributed by atoms with Crippen molar-refractivity contribution in [1.82, 2.24) is 9.97 Å². The molecular formula is C17H15FN4O2. The zero-order chi connectivity index (χ0) is 17.1. The lowest BCUT2D eigenvalue weighted by Crippen LogP contribution is -2.25. The topological polar surface area (TPSA) is 67.3 Å². The monoisotopic (exact) mass is 326 g/mol. The SMILES string of the molecule is COC(=O)N(C)c1ccc(Nc2ncnc3c(F)cccc23)cc1. The first-order chi connectivity index (χ1) is 11.6. The number of hydrogen-bond donors (Lipinski definition) is 1. The lowest BCUT2D eigenvalue weighted by atomic mass is 10.2. The summed E-state index contributed by atoms with van der Waals surface area (Å²) in [6.45, 7) is 0. The van der Waals surface area contributed by atoms with Crippen molar-refractivity contribution in [1.29, 1.82) is 0 Å². The van der Waals surface area contributed by atoms with Crippen LogP contribution in [-0.4, -0.2) is 30.2 Å². The molecule has 1 heterocycles. The Bertz CT molecular complexity index is 883. The van der Waals surface area contributed by atoms with Crippen molar-refractivity contribution >= 4 is 34.2 Å². The van der Waals surface area contributed by atoms with Gasteiger partial charge in [-0.15, -0.1) is 0 Å². The molecule has 0 aliphatic carbocycles. The van der Waals surface area contributed by atoms with Gasteiger partial charge in [-0.25, -0.2) is 19.2 Å². The molecule has 0 aliphatic heterocycles. The smallest absolute Gasteiger partial charge is 0.413 e. The van der Waals surface area contributed by atoms with E-state index in [1.807, 2.05) is 0 Å². The molecule has 2 aromatic carbocycles. The second kappa shape index (κ2) is 6.49. The van der Waals surface area contributed by atoms with E-state index in [9.17, 15) is 9.18 Å². The van der Waals surface area contributed by atoms with Gasteiger partial charge in [-0.2, -0.15) is 0 Å². The van der Waals surface area contributed by atoms with Crippen LogP contribution in [0.25, 0.3) is 10.9 Å². The van der Waals surface area contributed by atoms with E-state index in [4.69, 9.17) is 0 Å². The molecular weight excluding hydrogens is 311 g/mol. The number of rotatable bonds is 3. The number of carbonyl (C=O) groups is 1. The Morgan fingerprint density at radius 3 is 2.62 bits per heavy atom. The molecule has 0 saturated carbocycles. The van der Waals surface area contributed by atoms with Crippen molar-refractivity contribution < 1.29 is 13.9 Å². The third-order valence-electron chi connectivity index (χ3n) is 3.58. The molecule has 0 radical (unpaired) electrons. The van der Waals surface area contributed by atoms with Crippen LogP contribution in [0, 0.1) is 5.82 Å². The van der Waals surface area contributed by atoms with Gasteiger partial charge < -0.3 is 10.1 Å². The molecule has 0 saturated heterocycles. The van der Waals surface area contributed by atoms with Gasteiger partial charge in [0.05, 0.1) is 7.11 Å². The predicted octanol–water partition coefficient (Wildman–Crippen LogP) is 3.72. The van der Waals surface area contributed by atoms with Gasteiger partial charge in [0.2, 0.25) is 0 Å². The maximum atomic E-state index is 13.8. The van der Waals surface area contributed by atoms with Gasteiger partial charge in [0, 0.05) is 23.8 Å². The van der Waals surface area contributed by atoms with E-state index < -0.39 is 11.9 Å². The summed E-state index contributed by atoms with van der Waals surface area (Å²) in [5.41, 5.74) is 1.70. The molecule has 0 atom stereocenters. The summed E-state index contributed by atoms with van der Waals surface area (Å²) in [4.78, 5) is 21.0. The number of amides is 1. The number of fused-ring (bicyclic) bond motifs is 1. The first kappa shape index (κ1) is 15.7. The van der Waals surface area contributed by atoms with Crippen LogP contribution in [0.4, 0.5) is 26.4 Å². The molecule has 6 nitrogen and oxygen atoms in total. The fraction of sp³-hybridized carbons (Fsp3) is 0.118. The molecule has 3 rings (SSSR count). The van der Waals surface area contributed by atoms with Gasteiger partial charge in [0.25, 0.3) is 0 Å². The Morgan fingerprint density at radius 2 is 1.92 bits per heavy atom. The zero-order valence-corrected chi connectivity index (χ0v) is 13.2. The third kappa shape index (κ3) is 2.96. The summed E-state index contributed by atoms with van der Waals surface area (Å²) in [6, 6.07) is 11.8. The minimum Gasteiger partial charge on any atom is -0.452 e. The largest absolute Gasteiger partial charge is 0.452 e. The number of benzene rings is 2. The second-order valence-corrected chi connectivity index (χ2v) is 5.06. The lowest BCUT2D eigenvalue weighted by molar-refractivity contribution is 0.180. The number of ether oxygens (including phenoxy) is 1. The number of para-hydroxylation sites is 1. The van der Waals surface area contributed by atoms with Crippen molar-refractivity contribution in [2.75, 3.05) is 24.4 Å². The Morgan fingerprint density at radius 1 is 1.17 bits per heavy atom. The molecule has 3 aromatic rings. The van der Waals surface area contributed by atoms with Crippen molar-refractivity contribution in [3.8, 4) is 0 Å². The van der Waals surface area contributed by atoms with Gasteiger partial charge in [0.1, 0.15) is 23.5 Å². The minimum atomic E-state index is -0.451. The molecule has 1 N–H and O–H groups in total. The number of anilines is 3. The zero-order valence-electron chi connectivity index (χ0n) is 13.2. The average molecular weight is 326 g/mol. The molecule has 0 fully saturated rings. The number of methoxy groups -OCH3 is 1. The first-order valence-electron chi connectivity index (χ1n) is 7.18. The lowest BCUT2D eigenvalue weighted by Gasteiger charge is -2.16. The highest BCUT2D eigenvalue weighted by Crippen LogP contribution is 2.25. The summed E-state index contributed by atoms with van der Waals surface area (Å²) in [7, 11) is 2.95. The predicted molar refractivity (Wildman–Crippen MR) is 90.0 cm³/mol. The molecule has 0 aliphatic rings. The normalized spacial score (nSPS) is 10.5. The van der Waals surface area contributed by atoms with Crippen LogP contribution in [0.3, 0.4) is 0 Å². The van der Waals surface area contributed by atoms with E-state index in [2.05, 4.69) is 20.0 Å². The first-order valence-corrected chi connectivity index (χ1v) is 7.18. The van der Waals surface area contributed by atoms with Crippen LogP contribution in [0.2, 0.25) is 0 Å². The number of nitrogens with one attached hydrogen (secondary N) is 1. The summed E-state index contributed by atoms with van der Waals surface area (Å²) >= 11 is 0. The van der Waals surface area contributed by atoms with Gasteiger partial charge in [0.15, 0.2) is 0 Å².